The summed E-state index contributed by atoms with van der Waals surface area (Å²) >= 11 is 0. The molecule has 1 aromatic heterocycles. The Morgan fingerprint density at radius 2 is 2.29 bits per heavy atom. The number of carbonyl (C=O) groups is 1. The minimum Gasteiger partial charge on any atom is -0.310 e. The van der Waals surface area contributed by atoms with Gasteiger partial charge in [0.15, 0.2) is 0 Å². The van der Waals surface area contributed by atoms with Gasteiger partial charge in [0.2, 0.25) is 11.8 Å². The van der Waals surface area contributed by atoms with Crippen LogP contribution in [0.3, 0.4) is 0 Å². The third kappa shape index (κ3) is 3.22. The van der Waals surface area contributed by atoms with Gasteiger partial charge in [0.25, 0.3) is 0 Å². The number of halogens is 2. The number of hydrogen-bond donors (Lipinski definition) is 1. The molecule has 1 N–H and O–H groups in total. The summed E-state index contributed by atoms with van der Waals surface area (Å²) in [6.07, 6.45) is 2.00. The molecule has 2 rings (SSSR count). The summed E-state index contributed by atoms with van der Waals surface area (Å²) in [6.45, 7) is 0. The zero-order chi connectivity index (χ0) is 12.3. The predicted molar refractivity (Wildman–Crippen MR) is 59.8 cm³/mol. The molecular formula is C12H14F2N2O. The van der Waals surface area contributed by atoms with Gasteiger partial charge in [-0.2, -0.15) is 0 Å². The van der Waals surface area contributed by atoms with E-state index in [1.807, 2.05) is 0 Å². The van der Waals surface area contributed by atoms with Crippen LogP contribution in [0.2, 0.25) is 0 Å². The SMILES string of the molecule is O=C(Nc1ccccn1)[C@H]1CCCC(F)(F)C1. The molecule has 17 heavy (non-hydrogen) atoms. The molecule has 92 valence electrons. The van der Waals surface area contributed by atoms with Gasteiger partial charge in [0.05, 0.1) is 0 Å². The maximum Gasteiger partial charge on any atom is 0.248 e. The number of alkyl halides is 2. The minimum atomic E-state index is -2.70. The molecule has 3 nitrogen and oxygen atoms in total. The molecule has 1 heterocycles. The van der Waals surface area contributed by atoms with Crippen LogP contribution >= 0.6 is 0 Å². The van der Waals surface area contributed by atoms with E-state index >= 15 is 0 Å². The first-order valence-corrected chi connectivity index (χ1v) is 5.66. The fraction of sp³-hybridized carbons (Fsp3) is 0.500. The van der Waals surface area contributed by atoms with Crippen molar-refractivity contribution >= 4 is 11.7 Å². The molecule has 1 aliphatic carbocycles. The van der Waals surface area contributed by atoms with Gasteiger partial charge in [-0.05, 0) is 25.0 Å². The van der Waals surface area contributed by atoms with Crippen LogP contribution in [0.5, 0.6) is 0 Å². The molecule has 1 aliphatic rings. The average Bonchev–Trinajstić information content (AvgIpc) is 2.29. The van der Waals surface area contributed by atoms with Crippen molar-refractivity contribution in [3.63, 3.8) is 0 Å². The monoisotopic (exact) mass is 240 g/mol. The summed E-state index contributed by atoms with van der Waals surface area (Å²) in [5.74, 6) is -3.26. The summed E-state index contributed by atoms with van der Waals surface area (Å²) in [5.41, 5.74) is 0. The van der Waals surface area contributed by atoms with Crippen LogP contribution in [0, 0.1) is 5.92 Å². The Morgan fingerprint density at radius 3 is 2.94 bits per heavy atom. The van der Waals surface area contributed by atoms with Crippen molar-refractivity contribution in [3.05, 3.63) is 24.4 Å². The lowest BCUT2D eigenvalue weighted by molar-refractivity contribution is -0.127. The number of hydrogen-bond acceptors (Lipinski definition) is 2. The lowest BCUT2D eigenvalue weighted by Gasteiger charge is -2.27. The first kappa shape index (κ1) is 12.0. The van der Waals surface area contributed by atoms with E-state index in [9.17, 15) is 13.6 Å². The summed E-state index contributed by atoms with van der Waals surface area (Å²) in [7, 11) is 0. The zero-order valence-corrected chi connectivity index (χ0v) is 9.33. The highest BCUT2D eigenvalue weighted by Gasteiger charge is 2.39. The molecule has 1 saturated carbocycles. The number of amides is 1. The Balaban J connectivity index is 1.96. The Morgan fingerprint density at radius 1 is 1.47 bits per heavy atom. The fourth-order valence-corrected chi connectivity index (χ4v) is 2.06. The van der Waals surface area contributed by atoms with Crippen molar-refractivity contribution < 1.29 is 13.6 Å². The van der Waals surface area contributed by atoms with Crippen LogP contribution in [-0.4, -0.2) is 16.8 Å². The van der Waals surface area contributed by atoms with Crippen molar-refractivity contribution in [3.8, 4) is 0 Å². The van der Waals surface area contributed by atoms with E-state index in [0.29, 0.717) is 18.7 Å². The maximum absolute atomic E-state index is 13.2. The summed E-state index contributed by atoms with van der Waals surface area (Å²) in [4.78, 5) is 15.7. The van der Waals surface area contributed by atoms with Crippen LogP contribution in [-0.2, 0) is 4.79 Å². The predicted octanol–water partition coefficient (Wildman–Crippen LogP) is 2.85. The average molecular weight is 240 g/mol. The Labute approximate surface area is 98.2 Å². The third-order valence-corrected chi connectivity index (χ3v) is 2.93. The van der Waals surface area contributed by atoms with E-state index in [1.165, 1.54) is 0 Å². The van der Waals surface area contributed by atoms with Gasteiger partial charge < -0.3 is 5.32 Å². The van der Waals surface area contributed by atoms with Crippen molar-refractivity contribution in [2.24, 2.45) is 5.92 Å². The molecule has 0 saturated heterocycles. The number of pyridine rings is 1. The topological polar surface area (TPSA) is 42.0 Å². The molecule has 1 fully saturated rings. The van der Waals surface area contributed by atoms with Gasteiger partial charge >= 0.3 is 0 Å². The number of nitrogens with zero attached hydrogens (tertiary/aromatic N) is 1. The molecule has 0 aliphatic heterocycles. The van der Waals surface area contributed by atoms with Gasteiger partial charge in [0, 0.05) is 25.0 Å². The van der Waals surface area contributed by atoms with Gasteiger partial charge in [-0.3, -0.25) is 4.79 Å². The Hall–Kier alpha value is -1.52. The second-order valence-electron chi connectivity index (χ2n) is 4.35. The number of anilines is 1. The van der Waals surface area contributed by atoms with E-state index in [-0.39, 0.29) is 18.7 Å². The van der Waals surface area contributed by atoms with Crippen molar-refractivity contribution in [2.75, 3.05) is 5.32 Å². The van der Waals surface area contributed by atoms with E-state index < -0.39 is 11.8 Å². The number of rotatable bonds is 2. The lowest BCUT2D eigenvalue weighted by Crippen LogP contribution is -2.33. The summed E-state index contributed by atoms with van der Waals surface area (Å²) in [5, 5.41) is 2.57. The van der Waals surface area contributed by atoms with Crippen LogP contribution in [0.25, 0.3) is 0 Å². The highest BCUT2D eigenvalue weighted by atomic mass is 19.3. The molecule has 0 radical (unpaired) electrons. The number of aromatic nitrogens is 1. The standard InChI is InChI=1S/C12H14F2N2O/c13-12(14)6-3-4-9(8-12)11(17)16-10-5-1-2-7-15-10/h1-2,5,7,9H,3-4,6,8H2,(H,15,16,17)/t9-/m0/s1. The summed E-state index contributed by atoms with van der Waals surface area (Å²) in [6, 6.07) is 5.10. The fourth-order valence-electron chi connectivity index (χ4n) is 2.06. The van der Waals surface area contributed by atoms with Crippen molar-refractivity contribution in [1.29, 1.82) is 0 Å². The molecule has 0 unspecified atom stereocenters. The van der Waals surface area contributed by atoms with E-state index in [1.54, 1.807) is 24.4 Å². The largest absolute Gasteiger partial charge is 0.310 e. The smallest absolute Gasteiger partial charge is 0.248 e. The third-order valence-electron chi connectivity index (χ3n) is 2.93. The molecule has 0 bridgehead atoms. The second kappa shape index (κ2) is 4.77. The molecule has 1 aromatic rings. The zero-order valence-electron chi connectivity index (χ0n) is 9.33. The molecule has 1 amide bonds. The first-order chi connectivity index (χ1) is 8.07. The minimum absolute atomic E-state index is 0.111. The molecular weight excluding hydrogens is 226 g/mol. The highest BCUT2D eigenvalue weighted by Crippen LogP contribution is 2.36. The van der Waals surface area contributed by atoms with Gasteiger partial charge in [-0.15, -0.1) is 0 Å². The quantitative estimate of drug-likeness (QED) is 0.863. The van der Waals surface area contributed by atoms with Crippen LogP contribution in [0.1, 0.15) is 25.7 Å². The van der Waals surface area contributed by atoms with Crippen LogP contribution in [0.15, 0.2) is 24.4 Å². The van der Waals surface area contributed by atoms with Gasteiger partial charge in [-0.1, -0.05) is 6.07 Å². The molecule has 5 heteroatoms. The van der Waals surface area contributed by atoms with Gasteiger partial charge in [0.1, 0.15) is 5.82 Å². The number of carbonyl (C=O) groups excluding carboxylic acids is 1. The second-order valence-corrected chi connectivity index (χ2v) is 4.35. The van der Waals surface area contributed by atoms with Gasteiger partial charge in [-0.25, -0.2) is 13.8 Å². The van der Waals surface area contributed by atoms with Crippen LogP contribution < -0.4 is 5.32 Å². The first-order valence-electron chi connectivity index (χ1n) is 5.66. The summed E-state index contributed by atoms with van der Waals surface area (Å²) < 4.78 is 26.3. The lowest BCUT2D eigenvalue weighted by atomic mass is 9.86. The Bertz CT molecular complexity index is 395. The van der Waals surface area contributed by atoms with E-state index in [2.05, 4.69) is 10.3 Å². The number of nitrogens with one attached hydrogen (secondary N) is 1. The molecule has 0 spiro atoms. The van der Waals surface area contributed by atoms with E-state index in [0.717, 1.165) is 0 Å². The molecule has 0 aromatic carbocycles. The highest BCUT2D eigenvalue weighted by molar-refractivity contribution is 5.91. The van der Waals surface area contributed by atoms with Crippen molar-refractivity contribution in [1.82, 2.24) is 4.98 Å². The normalized spacial score (nSPS) is 23.1. The molecule has 1 atom stereocenters. The van der Waals surface area contributed by atoms with Crippen LogP contribution in [0.4, 0.5) is 14.6 Å². The van der Waals surface area contributed by atoms with E-state index in [4.69, 9.17) is 0 Å². The van der Waals surface area contributed by atoms with Crippen molar-refractivity contribution in [2.45, 2.75) is 31.6 Å². The maximum atomic E-state index is 13.2. The Kier molecular flexibility index (Phi) is 3.36.